The fourth-order valence-electron chi connectivity index (χ4n) is 3.91. The minimum Gasteiger partial charge on any atom is -0.337 e. The van der Waals surface area contributed by atoms with Crippen molar-refractivity contribution >= 4 is 23.3 Å². The van der Waals surface area contributed by atoms with Gasteiger partial charge in [0.25, 0.3) is 0 Å². The molecule has 2 aromatic rings. The monoisotopic (exact) mass is 440 g/mol. The van der Waals surface area contributed by atoms with E-state index in [1.54, 1.807) is 0 Å². The molecule has 1 amide bonds. The van der Waals surface area contributed by atoms with E-state index in [0.29, 0.717) is 23.7 Å². The molecule has 0 bridgehead atoms. The van der Waals surface area contributed by atoms with Crippen LogP contribution in [-0.4, -0.2) is 47.7 Å². The van der Waals surface area contributed by atoms with Gasteiger partial charge in [-0.2, -0.15) is 0 Å². The number of likely N-dealkylation sites (tertiary alicyclic amines) is 1. The summed E-state index contributed by atoms with van der Waals surface area (Å²) in [7, 11) is 0. The van der Waals surface area contributed by atoms with E-state index in [2.05, 4.69) is 11.8 Å². The SMILES string of the molecule is Cc1ccc(C(=O)CCC(=O)N(CCN2CCC(C)CC2)Cc2ccc(Cl)cc2)cc1. The van der Waals surface area contributed by atoms with E-state index in [1.807, 2.05) is 60.4 Å². The summed E-state index contributed by atoms with van der Waals surface area (Å²) in [5, 5.41) is 0.688. The Balaban J connectivity index is 1.59. The smallest absolute Gasteiger partial charge is 0.223 e. The van der Waals surface area contributed by atoms with Gasteiger partial charge in [0.15, 0.2) is 5.78 Å². The molecule has 1 aliphatic rings. The standard InChI is InChI=1S/C26H33ClN2O2/c1-20-3-7-23(8-4-20)25(30)11-12-26(31)29(19-22-5-9-24(27)10-6-22)18-17-28-15-13-21(2)14-16-28/h3-10,21H,11-19H2,1-2H3. The number of ketones is 1. The Morgan fingerprint density at radius 2 is 1.65 bits per heavy atom. The number of halogens is 1. The van der Waals surface area contributed by atoms with Crippen LogP contribution < -0.4 is 0 Å². The summed E-state index contributed by atoms with van der Waals surface area (Å²) in [6.45, 7) is 8.58. The first kappa shape index (κ1) is 23.5. The Morgan fingerprint density at radius 3 is 2.29 bits per heavy atom. The number of aryl methyl sites for hydroxylation is 1. The summed E-state index contributed by atoms with van der Waals surface area (Å²) >= 11 is 6.01. The van der Waals surface area contributed by atoms with Crippen LogP contribution in [0.25, 0.3) is 0 Å². The molecule has 2 aromatic carbocycles. The van der Waals surface area contributed by atoms with E-state index < -0.39 is 0 Å². The van der Waals surface area contributed by atoms with Gasteiger partial charge in [-0.15, -0.1) is 0 Å². The predicted molar refractivity (Wildman–Crippen MR) is 126 cm³/mol. The van der Waals surface area contributed by atoms with Gasteiger partial charge in [-0.1, -0.05) is 60.5 Å². The lowest BCUT2D eigenvalue weighted by molar-refractivity contribution is -0.132. The largest absolute Gasteiger partial charge is 0.337 e. The van der Waals surface area contributed by atoms with Crippen molar-refractivity contribution in [1.29, 1.82) is 0 Å². The highest BCUT2D eigenvalue weighted by Crippen LogP contribution is 2.17. The fraction of sp³-hybridized carbons (Fsp3) is 0.462. The average molecular weight is 441 g/mol. The second kappa shape index (κ2) is 11.4. The normalized spacial score (nSPS) is 15.1. The number of rotatable bonds is 9. The van der Waals surface area contributed by atoms with Gasteiger partial charge in [0.2, 0.25) is 5.91 Å². The topological polar surface area (TPSA) is 40.6 Å². The van der Waals surface area contributed by atoms with E-state index in [0.717, 1.165) is 36.7 Å². The minimum absolute atomic E-state index is 0.0183. The summed E-state index contributed by atoms with van der Waals surface area (Å²) in [4.78, 5) is 29.9. The lowest BCUT2D eigenvalue weighted by Gasteiger charge is -2.32. The molecule has 0 aromatic heterocycles. The number of hydrogen-bond acceptors (Lipinski definition) is 3. The molecule has 0 atom stereocenters. The van der Waals surface area contributed by atoms with Gasteiger partial charge in [-0.05, 0) is 56.5 Å². The van der Waals surface area contributed by atoms with E-state index >= 15 is 0 Å². The zero-order valence-corrected chi connectivity index (χ0v) is 19.4. The quantitative estimate of drug-likeness (QED) is 0.492. The number of carbonyl (C=O) groups excluding carboxylic acids is 2. The van der Waals surface area contributed by atoms with Crippen LogP contribution >= 0.6 is 11.6 Å². The average Bonchev–Trinajstić information content (AvgIpc) is 2.77. The number of nitrogens with zero attached hydrogens (tertiary/aromatic N) is 2. The van der Waals surface area contributed by atoms with Gasteiger partial charge in [0.05, 0.1) is 0 Å². The van der Waals surface area contributed by atoms with Gasteiger partial charge < -0.3 is 9.80 Å². The highest BCUT2D eigenvalue weighted by molar-refractivity contribution is 6.30. The molecule has 4 nitrogen and oxygen atoms in total. The molecular weight excluding hydrogens is 408 g/mol. The van der Waals surface area contributed by atoms with E-state index in [-0.39, 0.29) is 24.5 Å². The third-order valence-electron chi connectivity index (χ3n) is 6.14. The van der Waals surface area contributed by atoms with Crippen LogP contribution in [0.2, 0.25) is 5.02 Å². The molecule has 0 aliphatic carbocycles. The van der Waals surface area contributed by atoms with Gasteiger partial charge in [-0.25, -0.2) is 0 Å². The van der Waals surface area contributed by atoms with Crippen LogP contribution in [-0.2, 0) is 11.3 Å². The second-order valence-electron chi connectivity index (χ2n) is 8.76. The number of amides is 1. The maximum absolute atomic E-state index is 13.1. The Morgan fingerprint density at radius 1 is 1.00 bits per heavy atom. The molecule has 0 N–H and O–H groups in total. The van der Waals surface area contributed by atoms with Crippen molar-refractivity contribution in [3.63, 3.8) is 0 Å². The molecule has 0 saturated carbocycles. The Labute approximate surface area is 191 Å². The van der Waals surface area contributed by atoms with Crippen molar-refractivity contribution in [2.24, 2.45) is 5.92 Å². The summed E-state index contributed by atoms with van der Waals surface area (Å²) < 4.78 is 0. The molecule has 1 fully saturated rings. The van der Waals surface area contributed by atoms with Crippen molar-refractivity contribution in [3.8, 4) is 0 Å². The molecule has 3 rings (SSSR count). The highest BCUT2D eigenvalue weighted by atomic mass is 35.5. The van der Waals surface area contributed by atoms with Crippen LogP contribution in [0.3, 0.4) is 0 Å². The van der Waals surface area contributed by atoms with Crippen LogP contribution in [0.4, 0.5) is 0 Å². The zero-order valence-electron chi connectivity index (χ0n) is 18.6. The van der Waals surface area contributed by atoms with Gasteiger partial charge >= 0.3 is 0 Å². The molecule has 1 aliphatic heterocycles. The van der Waals surface area contributed by atoms with E-state index in [9.17, 15) is 9.59 Å². The van der Waals surface area contributed by atoms with Gasteiger partial charge in [0, 0.05) is 43.1 Å². The molecule has 1 saturated heterocycles. The summed E-state index contributed by atoms with van der Waals surface area (Å²) in [5.74, 6) is 0.835. The fourth-order valence-corrected chi connectivity index (χ4v) is 4.04. The summed E-state index contributed by atoms with van der Waals surface area (Å²) in [6.07, 6.45) is 2.91. The second-order valence-corrected chi connectivity index (χ2v) is 9.19. The summed E-state index contributed by atoms with van der Waals surface area (Å²) in [6, 6.07) is 15.2. The van der Waals surface area contributed by atoms with Crippen LogP contribution in [0.15, 0.2) is 48.5 Å². The predicted octanol–water partition coefficient (Wildman–Crippen LogP) is 5.37. The lowest BCUT2D eigenvalue weighted by Crippen LogP contribution is -2.41. The van der Waals surface area contributed by atoms with Crippen LogP contribution in [0, 0.1) is 12.8 Å². The molecule has 0 radical (unpaired) electrons. The molecule has 166 valence electrons. The maximum Gasteiger partial charge on any atom is 0.223 e. The Bertz CT molecular complexity index is 856. The maximum atomic E-state index is 13.1. The van der Waals surface area contributed by atoms with Crippen molar-refractivity contribution in [1.82, 2.24) is 9.80 Å². The first-order valence-electron chi connectivity index (χ1n) is 11.2. The van der Waals surface area contributed by atoms with Crippen LogP contribution in [0.1, 0.15) is 54.1 Å². The molecular formula is C26H33ClN2O2. The molecule has 0 spiro atoms. The number of hydrogen-bond donors (Lipinski definition) is 0. The van der Waals surface area contributed by atoms with Crippen molar-refractivity contribution in [3.05, 3.63) is 70.2 Å². The Hall–Kier alpha value is -2.17. The van der Waals surface area contributed by atoms with Gasteiger partial charge in [-0.3, -0.25) is 9.59 Å². The number of piperidine rings is 1. The number of benzene rings is 2. The zero-order chi connectivity index (χ0) is 22.2. The third kappa shape index (κ3) is 7.48. The molecule has 0 unspecified atom stereocenters. The number of carbonyl (C=O) groups is 2. The van der Waals surface area contributed by atoms with E-state index in [1.165, 1.54) is 12.8 Å². The van der Waals surface area contributed by atoms with Crippen molar-refractivity contribution in [2.75, 3.05) is 26.2 Å². The lowest BCUT2D eigenvalue weighted by atomic mass is 9.99. The minimum atomic E-state index is 0.0183. The van der Waals surface area contributed by atoms with Crippen molar-refractivity contribution in [2.45, 2.75) is 46.1 Å². The molecule has 1 heterocycles. The van der Waals surface area contributed by atoms with Gasteiger partial charge in [0.1, 0.15) is 0 Å². The third-order valence-corrected chi connectivity index (χ3v) is 6.39. The first-order valence-corrected chi connectivity index (χ1v) is 11.6. The number of Topliss-reactive ketones (excluding diaryl/α,β-unsaturated/α-hetero) is 1. The highest BCUT2D eigenvalue weighted by Gasteiger charge is 2.20. The van der Waals surface area contributed by atoms with Crippen LogP contribution in [0.5, 0.6) is 0 Å². The van der Waals surface area contributed by atoms with Crippen molar-refractivity contribution < 1.29 is 9.59 Å². The molecule has 31 heavy (non-hydrogen) atoms. The van der Waals surface area contributed by atoms with E-state index in [4.69, 9.17) is 11.6 Å². The summed E-state index contributed by atoms with van der Waals surface area (Å²) in [5.41, 5.74) is 2.84. The first-order chi connectivity index (χ1) is 14.9. The molecule has 5 heteroatoms. The Kier molecular flexibility index (Phi) is 8.68.